The lowest BCUT2D eigenvalue weighted by Gasteiger charge is -2.32. The van der Waals surface area contributed by atoms with Gasteiger partial charge < -0.3 is 15.0 Å². The third-order valence-corrected chi connectivity index (χ3v) is 3.95. The lowest BCUT2D eigenvalue weighted by molar-refractivity contribution is -0.174. The fraction of sp³-hybridized carbons (Fsp3) is 0.500. The molecule has 0 unspecified atom stereocenters. The van der Waals surface area contributed by atoms with Crippen molar-refractivity contribution in [3.05, 3.63) is 29.8 Å². The lowest BCUT2D eigenvalue weighted by atomic mass is 10.0. The van der Waals surface area contributed by atoms with E-state index in [4.69, 9.17) is 4.74 Å². The average molecular weight is 344 g/mol. The van der Waals surface area contributed by atoms with Crippen LogP contribution in [0.4, 0.5) is 13.2 Å². The number of amides is 2. The molecule has 1 fully saturated rings. The molecule has 0 atom stereocenters. The molecule has 0 saturated carbocycles. The highest BCUT2D eigenvalue weighted by molar-refractivity contribution is 5.82. The van der Waals surface area contributed by atoms with Gasteiger partial charge in [-0.05, 0) is 30.5 Å². The van der Waals surface area contributed by atoms with Gasteiger partial charge in [0.25, 0.3) is 0 Å². The first-order chi connectivity index (χ1) is 11.3. The number of carbonyl (C=O) groups is 2. The van der Waals surface area contributed by atoms with Crippen molar-refractivity contribution in [3.8, 4) is 5.75 Å². The van der Waals surface area contributed by atoms with Crippen molar-refractivity contribution < 1.29 is 27.5 Å². The zero-order valence-electron chi connectivity index (χ0n) is 13.2. The van der Waals surface area contributed by atoms with Crippen LogP contribution < -0.4 is 10.1 Å². The van der Waals surface area contributed by atoms with Gasteiger partial charge in [0.1, 0.15) is 5.75 Å². The molecule has 1 aliphatic heterocycles. The topological polar surface area (TPSA) is 58.6 Å². The van der Waals surface area contributed by atoms with E-state index in [1.807, 2.05) is 5.32 Å². The van der Waals surface area contributed by atoms with Crippen molar-refractivity contribution in [1.29, 1.82) is 0 Å². The summed E-state index contributed by atoms with van der Waals surface area (Å²) in [7, 11) is 1.56. The Morgan fingerprint density at radius 1 is 1.21 bits per heavy atom. The van der Waals surface area contributed by atoms with Crippen molar-refractivity contribution in [2.75, 3.05) is 20.2 Å². The third-order valence-electron chi connectivity index (χ3n) is 3.95. The van der Waals surface area contributed by atoms with Crippen LogP contribution in [0, 0.1) is 0 Å². The normalized spacial score (nSPS) is 15.9. The first kappa shape index (κ1) is 18.1. The van der Waals surface area contributed by atoms with Crippen molar-refractivity contribution >= 4 is 11.8 Å². The summed E-state index contributed by atoms with van der Waals surface area (Å²) in [4.78, 5) is 24.8. The first-order valence-electron chi connectivity index (χ1n) is 7.58. The molecule has 1 aromatic carbocycles. The Bertz CT molecular complexity index is 579. The number of nitrogens with zero attached hydrogens (tertiary/aromatic N) is 1. The van der Waals surface area contributed by atoms with E-state index in [2.05, 4.69) is 0 Å². The van der Waals surface area contributed by atoms with E-state index in [1.165, 1.54) is 0 Å². The molecule has 5 nitrogen and oxygen atoms in total. The molecule has 2 rings (SSSR count). The van der Waals surface area contributed by atoms with Crippen LogP contribution in [0.5, 0.6) is 5.75 Å². The number of rotatable bonds is 4. The Morgan fingerprint density at radius 2 is 1.79 bits per heavy atom. The molecule has 1 aliphatic rings. The second-order valence-electron chi connectivity index (χ2n) is 5.65. The van der Waals surface area contributed by atoms with Crippen molar-refractivity contribution in [3.63, 3.8) is 0 Å². The highest BCUT2D eigenvalue weighted by atomic mass is 19.4. The Balaban J connectivity index is 1.81. The van der Waals surface area contributed by atoms with Gasteiger partial charge in [-0.2, -0.15) is 13.2 Å². The number of benzene rings is 1. The number of piperidine rings is 1. The van der Waals surface area contributed by atoms with Gasteiger partial charge in [0.2, 0.25) is 5.91 Å². The van der Waals surface area contributed by atoms with Crippen molar-refractivity contribution in [1.82, 2.24) is 10.2 Å². The standard InChI is InChI=1S/C16H19F3N2O3/c1-24-13-4-2-11(3-5-13)10-14(22)21-8-6-12(7-9-21)20-15(23)16(17,18)19/h2-5,12H,6-10H2,1H3,(H,20,23). The Morgan fingerprint density at radius 3 is 2.29 bits per heavy atom. The predicted molar refractivity (Wildman–Crippen MR) is 80.5 cm³/mol. The molecule has 2 amide bonds. The van der Waals surface area contributed by atoms with Gasteiger partial charge in [-0.15, -0.1) is 0 Å². The molecule has 1 aromatic rings. The maximum Gasteiger partial charge on any atom is 0.471 e. The van der Waals surface area contributed by atoms with Gasteiger partial charge in [0, 0.05) is 19.1 Å². The Hall–Kier alpha value is -2.25. The van der Waals surface area contributed by atoms with Crippen molar-refractivity contribution in [2.24, 2.45) is 0 Å². The molecular weight excluding hydrogens is 325 g/mol. The summed E-state index contributed by atoms with van der Waals surface area (Å²) in [6, 6.07) is 6.58. The van der Waals surface area contributed by atoms with E-state index in [-0.39, 0.29) is 12.3 Å². The van der Waals surface area contributed by atoms with Gasteiger partial charge in [-0.1, -0.05) is 12.1 Å². The van der Waals surface area contributed by atoms with Crippen LogP contribution in [0.1, 0.15) is 18.4 Å². The Kier molecular flexibility index (Phi) is 5.69. The second-order valence-corrected chi connectivity index (χ2v) is 5.65. The summed E-state index contributed by atoms with van der Waals surface area (Å²) < 4.78 is 41.7. The van der Waals surface area contributed by atoms with Gasteiger partial charge in [-0.25, -0.2) is 0 Å². The third kappa shape index (κ3) is 4.87. The number of likely N-dealkylation sites (tertiary alicyclic amines) is 1. The van der Waals surface area contributed by atoms with E-state index in [9.17, 15) is 22.8 Å². The molecule has 0 aliphatic carbocycles. The Labute approximate surface area is 137 Å². The SMILES string of the molecule is COc1ccc(CC(=O)N2CCC(NC(=O)C(F)(F)F)CC2)cc1. The minimum atomic E-state index is -4.87. The minimum absolute atomic E-state index is 0.0826. The fourth-order valence-corrected chi connectivity index (χ4v) is 2.57. The predicted octanol–water partition coefficient (Wildman–Crippen LogP) is 1.91. The van der Waals surface area contributed by atoms with Crippen LogP contribution in [0.2, 0.25) is 0 Å². The van der Waals surface area contributed by atoms with Crippen LogP contribution in [0.3, 0.4) is 0 Å². The summed E-state index contributed by atoms with van der Waals surface area (Å²) in [5.74, 6) is -1.31. The number of methoxy groups -OCH3 is 1. The first-order valence-corrected chi connectivity index (χ1v) is 7.58. The minimum Gasteiger partial charge on any atom is -0.497 e. The number of hydrogen-bond donors (Lipinski definition) is 1. The van der Waals surface area contributed by atoms with Crippen LogP contribution in [0.15, 0.2) is 24.3 Å². The molecule has 0 radical (unpaired) electrons. The second kappa shape index (κ2) is 7.55. The maximum absolute atomic E-state index is 12.2. The summed E-state index contributed by atoms with van der Waals surface area (Å²) in [5, 5.41) is 1.96. The van der Waals surface area contributed by atoms with Crippen LogP contribution in [-0.4, -0.2) is 49.1 Å². The molecular formula is C16H19F3N2O3. The molecule has 0 bridgehead atoms. The van der Waals surface area contributed by atoms with Crippen LogP contribution in [-0.2, 0) is 16.0 Å². The summed E-state index contributed by atoms with van der Waals surface area (Å²) in [6.07, 6.45) is -4.02. The average Bonchev–Trinajstić information content (AvgIpc) is 2.55. The highest BCUT2D eigenvalue weighted by Gasteiger charge is 2.40. The summed E-state index contributed by atoms with van der Waals surface area (Å²) in [6.45, 7) is 0.662. The number of halogens is 3. The number of ether oxygens (including phenoxy) is 1. The van der Waals surface area contributed by atoms with E-state index in [0.717, 1.165) is 5.56 Å². The number of alkyl halides is 3. The number of nitrogens with one attached hydrogen (secondary N) is 1. The molecule has 24 heavy (non-hydrogen) atoms. The molecule has 8 heteroatoms. The summed E-state index contributed by atoms with van der Waals surface area (Å²) >= 11 is 0. The van der Waals surface area contributed by atoms with E-state index in [1.54, 1.807) is 36.3 Å². The van der Waals surface area contributed by atoms with Gasteiger partial charge in [0.05, 0.1) is 13.5 Å². The molecule has 1 heterocycles. The monoisotopic (exact) mass is 344 g/mol. The van der Waals surface area contributed by atoms with Crippen LogP contribution in [0.25, 0.3) is 0 Å². The van der Waals surface area contributed by atoms with Gasteiger partial charge in [-0.3, -0.25) is 9.59 Å². The maximum atomic E-state index is 12.2. The number of carbonyl (C=O) groups excluding carboxylic acids is 2. The van der Waals surface area contributed by atoms with E-state index < -0.39 is 18.1 Å². The smallest absolute Gasteiger partial charge is 0.471 e. The van der Waals surface area contributed by atoms with Crippen molar-refractivity contribution in [2.45, 2.75) is 31.5 Å². The zero-order chi connectivity index (χ0) is 17.7. The van der Waals surface area contributed by atoms with Crippen LogP contribution >= 0.6 is 0 Å². The molecule has 0 aromatic heterocycles. The number of hydrogen-bond acceptors (Lipinski definition) is 3. The molecule has 0 spiro atoms. The highest BCUT2D eigenvalue weighted by Crippen LogP contribution is 2.18. The van der Waals surface area contributed by atoms with Gasteiger partial charge in [0.15, 0.2) is 0 Å². The van der Waals surface area contributed by atoms with E-state index in [0.29, 0.717) is 31.7 Å². The zero-order valence-corrected chi connectivity index (χ0v) is 13.2. The lowest BCUT2D eigenvalue weighted by Crippen LogP contribution is -2.49. The molecule has 1 saturated heterocycles. The largest absolute Gasteiger partial charge is 0.497 e. The molecule has 132 valence electrons. The fourth-order valence-electron chi connectivity index (χ4n) is 2.57. The quantitative estimate of drug-likeness (QED) is 0.908. The van der Waals surface area contributed by atoms with E-state index >= 15 is 0 Å². The summed E-state index contributed by atoms with van der Waals surface area (Å²) in [5.41, 5.74) is 0.841. The van der Waals surface area contributed by atoms with Gasteiger partial charge >= 0.3 is 12.1 Å². The molecule has 1 N–H and O–H groups in total.